The van der Waals surface area contributed by atoms with Gasteiger partial charge in [0.1, 0.15) is 5.69 Å². The van der Waals surface area contributed by atoms with Crippen molar-refractivity contribution < 1.29 is 13.2 Å². The quantitative estimate of drug-likeness (QED) is 0.562. The predicted octanol–water partition coefficient (Wildman–Crippen LogP) is 3.19. The lowest BCUT2D eigenvalue weighted by Gasteiger charge is -2.37. The second-order valence-electron chi connectivity index (χ2n) is 8.23. The molecule has 32 heavy (non-hydrogen) atoms. The van der Waals surface area contributed by atoms with E-state index in [1.54, 1.807) is 27.9 Å². The summed E-state index contributed by atoms with van der Waals surface area (Å²) >= 11 is 0. The maximum Gasteiger partial charge on any atom is 0.273 e. The maximum atomic E-state index is 13.5. The van der Waals surface area contributed by atoms with Gasteiger partial charge in [-0.25, -0.2) is 17.7 Å². The first-order valence-corrected chi connectivity index (χ1v) is 12.7. The normalized spacial score (nSPS) is 15.8. The fourth-order valence-corrected chi connectivity index (χ4v) is 5.84. The molecule has 0 spiro atoms. The highest BCUT2D eigenvalue weighted by Crippen LogP contribution is 2.24. The van der Waals surface area contributed by atoms with E-state index in [0.29, 0.717) is 44.6 Å². The molecule has 4 rings (SSSR count). The van der Waals surface area contributed by atoms with Crippen molar-refractivity contribution in [2.75, 3.05) is 18.8 Å². The first-order chi connectivity index (χ1) is 15.5. The number of H-pyrrole nitrogens is 1. The lowest BCUT2D eigenvalue weighted by molar-refractivity contribution is 0.0588. The average molecular weight is 456 g/mol. The van der Waals surface area contributed by atoms with Crippen molar-refractivity contribution in [3.8, 4) is 0 Å². The molecule has 1 amide bonds. The van der Waals surface area contributed by atoms with Crippen LogP contribution in [-0.4, -0.2) is 63.4 Å². The Morgan fingerprint density at radius 3 is 2.62 bits per heavy atom. The lowest BCUT2D eigenvalue weighted by atomic mass is 10.0. The molecule has 3 aromatic rings. The van der Waals surface area contributed by atoms with Crippen molar-refractivity contribution in [1.82, 2.24) is 24.2 Å². The van der Waals surface area contributed by atoms with Gasteiger partial charge in [0.15, 0.2) is 0 Å². The third kappa shape index (κ3) is 4.99. The van der Waals surface area contributed by atoms with E-state index < -0.39 is 10.0 Å². The third-order valence-corrected chi connectivity index (χ3v) is 7.98. The Balaban J connectivity index is 1.54. The van der Waals surface area contributed by atoms with Crippen molar-refractivity contribution in [3.63, 3.8) is 0 Å². The first kappa shape index (κ1) is 22.4. The van der Waals surface area contributed by atoms with Gasteiger partial charge in [-0.1, -0.05) is 37.6 Å². The number of piperidine rings is 1. The van der Waals surface area contributed by atoms with Crippen LogP contribution in [0.4, 0.5) is 0 Å². The molecule has 0 aliphatic carbocycles. The van der Waals surface area contributed by atoms with Crippen molar-refractivity contribution in [3.05, 3.63) is 60.4 Å². The third-order valence-electron chi connectivity index (χ3n) is 6.02. The average Bonchev–Trinajstić information content (AvgIpc) is 3.34. The molecule has 1 aliphatic heterocycles. The van der Waals surface area contributed by atoms with Gasteiger partial charge >= 0.3 is 0 Å². The Hall–Kier alpha value is -2.78. The SMILES string of the molecule is CCCCS(=O)(=O)N1CCC(N(Cc2cnc[nH]2)C(=O)c2cc3ccccc3cn2)CC1. The number of pyridine rings is 1. The van der Waals surface area contributed by atoms with Crippen molar-refractivity contribution in [2.45, 2.75) is 45.2 Å². The number of sulfonamides is 1. The van der Waals surface area contributed by atoms with Gasteiger partial charge in [0, 0.05) is 36.9 Å². The summed E-state index contributed by atoms with van der Waals surface area (Å²) in [5.41, 5.74) is 1.22. The minimum Gasteiger partial charge on any atom is -0.347 e. The zero-order valence-corrected chi connectivity index (χ0v) is 19.1. The van der Waals surface area contributed by atoms with Crippen LogP contribution in [0.5, 0.6) is 0 Å². The number of hydrogen-bond donors (Lipinski definition) is 1. The van der Waals surface area contributed by atoms with Crippen molar-refractivity contribution in [1.29, 1.82) is 0 Å². The summed E-state index contributed by atoms with van der Waals surface area (Å²) in [7, 11) is -3.24. The fourth-order valence-electron chi connectivity index (χ4n) is 4.16. The Morgan fingerprint density at radius 2 is 1.94 bits per heavy atom. The van der Waals surface area contributed by atoms with Crippen LogP contribution in [0.25, 0.3) is 10.8 Å². The number of amides is 1. The molecule has 0 unspecified atom stereocenters. The van der Waals surface area contributed by atoms with Crippen LogP contribution in [0.1, 0.15) is 48.8 Å². The number of unbranched alkanes of at least 4 members (excludes halogenated alkanes) is 1. The number of imidazole rings is 1. The molecule has 1 aromatic carbocycles. The Kier molecular flexibility index (Phi) is 6.86. The molecule has 0 bridgehead atoms. The molecule has 3 heterocycles. The van der Waals surface area contributed by atoms with Crippen molar-refractivity contribution >= 4 is 26.7 Å². The second-order valence-corrected chi connectivity index (χ2v) is 10.3. The number of carbonyl (C=O) groups is 1. The highest BCUT2D eigenvalue weighted by Gasteiger charge is 2.33. The molecule has 0 atom stereocenters. The Labute approximate surface area is 188 Å². The van der Waals surface area contributed by atoms with Gasteiger partial charge in [0.2, 0.25) is 10.0 Å². The second kappa shape index (κ2) is 9.79. The van der Waals surface area contributed by atoms with E-state index in [0.717, 1.165) is 22.9 Å². The summed E-state index contributed by atoms with van der Waals surface area (Å²) in [4.78, 5) is 26.9. The predicted molar refractivity (Wildman–Crippen MR) is 123 cm³/mol. The van der Waals surface area contributed by atoms with Gasteiger partial charge in [-0.15, -0.1) is 0 Å². The molecule has 1 N–H and O–H groups in total. The Morgan fingerprint density at radius 1 is 1.19 bits per heavy atom. The summed E-state index contributed by atoms with van der Waals surface area (Å²) in [6.45, 7) is 3.21. The maximum absolute atomic E-state index is 13.5. The molecular weight excluding hydrogens is 426 g/mol. The fraction of sp³-hybridized carbons (Fsp3) is 0.435. The van der Waals surface area contributed by atoms with Crippen LogP contribution in [0, 0.1) is 0 Å². The van der Waals surface area contributed by atoms with Gasteiger partial charge in [-0.3, -0.25) is 9.78 Å². The van der Waals surface area contributed by atoms with E-state index >= 15 is 0 Å². The number of fused-ring (bicyclic) bond motifs is 1. The highest BCUT2D eigenvalue weighted by molar-refractivity contribution is 7.89. The molecule has 8 nitrogen and oxygen atoms in total. The number of rotatable bonds is 8. The number of benzene rings is 1. The van der Waals surface area contributed by atoms with Crippen LogP contribution >= 0.6 is 0 Å². The topological polar surface area (TPSA) is 99.3 Å². The molecule has 2 aromatic heterocycles. The van der Waals surface area contributed by atoms with E-state index in [-0.39, 0.29) is 17.7 Å². The van der Waals surface area contributed by atoms with Gasteiger partial charge in [0.05, 0.1) is 24.3 Å². The number of carbonyl (C=O) groups excluding carboxylic acids is 1. The largest absolute Gasteiger partial charge is 0.347 e. The number of nitrogens with one attached hydrogen (secondary N) is 1. The van der Waals surface area contributed by atoms with E-state index in [4.69, 9.17) is 0 Å². The van der Waals surface area contributed by atoms with Gasteiger partial charge in [-0.05, 0) is 30.7 Å². The summed E-state index contributed by atoms with van der Waals surface area (Å²) in [5, 5.41) is 1.94. The van der Waals surface area contributed by atoms with E-state index in [1.807, 2.05) is 37.3 Å². The van der Waals surface area contributed by atoms with Gasteiger partial charge in [-0.2, -0.15) is 0 Å². The van der Waals surface area contributed by atoms with E-state index in [2.05, 4.69) is 15.0 Å². The standard InChI is InChI=1S/C23H29N5O3S/c1-2-3-12-32(30,31)27-10-8-21(9-11-27)28(16-20-15-24-17-26-20)23(29)22-13-18-6-4-5-7-19(18)14-25-22/h4-7,13-15,17,21H,2-3,8-12,16H2,1H3,(H,24,26). The first-order valence-electron chi connectivity index (χ1n) is 11.1. The molecular formula is C23H29N5O3S. The zero-order chi connectivity index (χ0) is 22.6. The summed E-state index contributed by atoms with van der Waals surface area (Å²) < 4.78 is 26.7. The molecule has 0 saturated carbocycles. The number of aromatic nitrogens is 3. The van der Waals surface area contributed by atoms with E-state index in [1.165, 1.54) is 0 Å². The molecule has 170 valence electrons. The molecule has 1 saturated heterocycles. The summed E-state index contributed by atoms with van der Waals surface area (Å²) in [5.74, 6) is 0.0315. The minimum absolute atomic E-state index is 0.0725. The monoisotopic (exact) mass is 455 g/mol. The molecule has 9 heteroatoms. The molecule has 0 radical (unpaired) electrons. The van der Waals surface area contributed by atoms with Gasteiger partial charge in [0.25, 0.3) is 5.91 Å². The highest BCUT2D eigenvalue weighted by atomic mass is 32.2. The summed E-state index contributed by atoms with van der Waals surface area (Å²) in [6.07, 6.45) is 7.73. The smallest absolute Gasteiger partial charge is 0.273 e. The zero-order valence-electron chi connectivity index (χ0n) is 18.3. The van der Waals surface area contributed by atoms with Crippen molar-refractivity contribution in [2.24, 2.45) is 0 Å². The number of hydrogen-bond acceptors (Lipinski definition) is 5. The van der Waals surface area contributed by atoms with Crippen LogP contribution in [0.2, 0.25) is 0 Å². The van der Waals surface area contributed by atoms with Crippen LogP contribution in [0.3, 0.4) is 0 Å². The Bertz CT molecular complexity index is 1160. The van der Waals surface area contributed by atoms with Crippen LogP contribution in [0.15, 0.2) is 49.1 Å². The summed E-state index contributed by atoms with van der Waals surface area (Å²) in [6, 6.07) is 9.56. The number of nitrogens with zero attached hydrogens (tertiary/aromatic N) is 4. The number of aromatic amines is 1. The molecule has 1 fully saturated rings. The lowest BCUT2D eigenvalue weighted by Crippen LogP contribution is -2.49. The van der Waals surface area contributed by atoms with Crippen LogP contribution < -0.4 is 0 Å². The van der Waals surface area contributed by atoms with E-state index in [9.17, 15) is 13.2 Å². The molecule has 1 aliphatic rings. The van der Waals surface area contributed by atoms with Crippen LogP contribution in [-0.2, 0) is 16.6 Å². The van der Waals surface area contributed by atoms with Gasteiger partial charge < -0.3 is 9.88 Å². The minimum atomic E-state index is -3.24.